The minimum Gasteiger partial charge on any atom is -0.373 e. The summed E-state index contributed by atoms with van der Waals surface area (Å²) in [6.07, 6.45) is 1.93. The molecule has 0 saturated carbocycles. The molecule has 4 heteroatoms. The zero-order valence-corrected chi connectivity index (χ0v) is 9.57. The van der Waals surface area contributed by atoms with Gasteiger partial charge in [0.1, 0.15) is 6.04 Å². The van der Waals surface area contributed by atoms with Gasteiger partial charge in [0.2, 0.25) is 5.91 Å². The minimum atomic E-state index is -0.172. The van der Waals surface area contributed by atoms with E-state index in [-0.39, 0.29) is 11.9 Å². The first-order valence-electron chi connectivity index (χ1n) is 5.80. The fourth-order valence-corrected chi connectivity index (χ4v) is 1.96. The third-order valence-corrected chi connectivity index (χ3v) is 2.85. The number of carbonyl (C=O) groups is 1. The Balaban J connectivity index is 1.82. The number of rotatable bonds is 4. The normalized spacial score (nSPS) is 16.8. The molecule has 1 aromatic carbocycles. The number of benzene rings is 1. The van der Waals surface area contributed by atoms with Crippen LogP contribution in [-0.2, 0) is 11.2 Å². The Morgan fingerprint density at radius 3 is 3.12 bits per heavy atom. The number of fused-ring (bicyclic) bond motifs is 1. The molecule has 1 atom stereocenters. The maximum Gasteiger partial charge on any atom is 0.242 e. The SMILES string of the molecule is N#CCCCNC(=O)C1Cc2ccccc2N1. The molecule has 1 unspecified atom stereocenters. The molecule has 1 aromatic rings. The van der Waals surface area contributed by atoms with Gasteiger partial charge in [0.05, 0.1) is 6.07 Å². The van der Waals surface area contributed by atoms with Gasteiger partial charge in [-0.3, -0.25) is 4.79 Å². The zero-order chi connectivity index (χ0) is 12.1. The topological polar surface area (TPSA) is 64.9 Å². The van der Waals surface area contributed by atoms with Gasteiger partial charge in [0.15, 0.2) is 0 Å². The summed E-state index contributed by atoms with van der Waals surface area (Å²) < 4.78 is 0. The van der Waals surface area contributed by atoms with Crippen LogP contribution < -0.4 is 10.6 Å². The molecule has 0 radical (unpaired) electrons. The minimum absolute atomic E-state index is 0.0131. The highest BCUT2D eigenvalue weighted by Gasteiger charge is 2.25. The highest BCUT2D eigenvalue weighted by molar-refractivity contribution is 5.87. The van der Waals surface area contributed by atoms with Crippen molar-refractivity contribution in [1.82, 2.24) is 5.32 Å². The standard InChI is InChI=1S/C13H15N3O/c14-7-3-4-8-15-13(17)12-9-10-5-1-2-6-11(10)16-12/h1-2,5-6,12,16H,3-4,8-9H2,(H,15,17). The molecule has 1 aliphatic rings. The molecular weight excluding hydrogens is 214 g/mol. The van der Waals surface area contributed by atoms with Crippen LogP contribution in [0.5, 0.6) is 0 Å². The Morgan fingerprint density at radius 2 is 2.35 bits per heavy atom. The summed E-state index contributed by atoms with van der Waals surface area (Å²) in [5.74, 6) is 0.0131. The maximum absolute atomic E-state index is 11.8. The predicted molar refractivity (Wildman–Crippen MR) is 65.4 cm³/mol. The lowest BCUT2D eigenvalue weighted by molar-refractivity contribution is -0.121. The lowest BCUT2D eigenvalue weighted by Gasteiger charge is -2.11. The van der Waals surface area contributed by atoms with Gasteiger partial charge in [-0.05, 0) is 18.1 Å². The second-order valence-corrected chi connectivity index (χ2v) is 4.11. The molecule has 2 N–H and O–H groups in total. The van der Waals surface area contributed by atoms with Gasteiger partial charge >= 0.3 is 0 Å². The quantitative estimate of drug-likeness (QED) is 0.768. The van der Waals surface area contributed by atoms with Crippen LogP contribution in [0.4, 0.5) is 5.69 Å². The summed E-state index contributed by atoms with van der Waals surface area (Å²) in [6, 6.07) is 9.84. The van der Waals surface area contributed by atoms with Gasteiger partial charge < -0.3 is 10.6 Å². The number of hydrogen-bond acceptors (Lipinski definition) is 3. The van der Waals surface area contributed by atoms with Crippen LogP contribution >= 0.6 is 0 Å². The fraction of sp³-hybridized carbons (Fsp3) is 0.385. The molecule has 17 heavy (non-hydrogen) atoms. The molecule has 4 nitrogen and oxygen atoms in total. The molecule has 1 amide bonds. The molecule has 0 aromatic heterocycles. The Hall–Kier alpha value is -2.02. The van der Waals surface area contributed by atoms with Crippen molar-refractivity contribution in [2.75, 3.05) is 11.9 Å². The van der Waals surface area contributed by atoms with E-state index in [9.17, 15) is 4.79 Å². The summed E-state index contributed by atoms with van der Waals surface area (Å²) >= 11 is 0. The molecule has 1 heterocycles. The van der Waals surface area contributed by atoms with E-state index in [2.05, 4.69) is 16.7 Å². The molecule has 0 saturated heterocycles. The van der Waals surface area contributed by atoms with E-state index in [1.165, 1.54) is 5.56 Å². The van der Waals surface area contributed by atoms with E-state index in [1.54, 1.807) is 0 Å². The van der Waals surface area contributed by atoms with Crippen molar-refractivity contribution in [3.05, 3.63) is 29.8 Å². The number of anilines is 1. The predicted octanol–water partition coefficient (Wildman–Crippen LogP) is 1.44. The van der Waals surface area contributed by atoms with E-state index in [0.717, 1.165) is 12.1 Å². The summed E-state index contributed by atoms with van der Waals surface area (Å²) in [7, 11) is 0. The lowest BCUT2D eigenvalue weighted by atomic mass is 10.1. The Morgan fingerprint density at radius 1 is 1.53 bits per heavy atom. The molecule has 0 bridgehead atoms. The summed E-state index contributed by atoms with van der Waals surface area (Å²) in [5, 5.41) is 14.4. The monoisotopic (exact) mass is 229 g/mol. The molecule has 2 rings (SSSR count). The van der Waals surface area contributed by atoms with Crippen LogP contribution in [0, 0.1) is 11.3 Å². The molecule has 88 valence electrons. The van der Waals surface area contributed by atoms with Crippen molar-refractivity contribution in [1.29, 1.82) is 5.26 Å². The van der Waals surface area contributed by atoms with Crippen molar-refractivity contribution >= 4 is 11.6 Å². The smallest absolute Gasteiger partial charge is 0.242 e. The lowest BCUT2D eigenvalue weighted by Crippen LogP contribution is -2.38. The van der Waals surface area contributed by atoms with Crippen LogP contribution in [0.3, 0.4) is 0 Å². The maximum atomic E-state index is 11.8. The first-order valence-corrected chi connectivity index (χ1v) is 5.80. The average Bonchev–Trinajstić information content (AvgIpc) is 2.78. The van der Waals surface area contributed by atoms with E-state index in [1.807, 2.05) is 24.3 Å². The number of nitrogens with one attached hydrogen (secondary N) is 2. The van der Waals surface area contributed by atoms with Crippen molar-refractivity contribution in [3.63, 3.8) is 0 Å². The summed E-state index contributed by atoms with van der Waals surface area (Å²) in [5.41, 5.74) is 2.23. The number of unbranched alkanes of at least 4 members (excludes halogenated alkanes) is 1. The average molecular weight is 229 g/mol. The van der Waals surface area contributed by atoms with Crippen LogP contribution in [0.15, 0.2) is 24.3 Å². The van der Waals surface area contributed by atoms with Gasteiger partial charge in [-0.1, -0.05) is 18.2 Å². The Labute approximate surface area is 101 Å². The van der Waals surface area contributed by atoms with Crippen molar-refractivity contribution in [3.8, 4) is 6.07 Å². The molecule has 0 fully saturated rings. The third-order valence-electron chi connectivity index (χ3n) is 2.85. The molecular formula is C13H15N3O. The molecule has 0 spiro atoms. The van der Waals surface area contributed by atoms with Crippen LogP contribution in [0.2, 0.25) is 0 Å². The van der Waals surface area contributed by atoms with Crippen LogP contribution in [0.25, 0.3) is 0 Å². The fourth-order valence-electron chi connectivity index (χ4n) is 1.96. The Bertz CT molecular complexity index is 425. The number of carbonyl (C=O) groups excluding carboxylic acids is 1. The highest BCUT2D eigenvalue weighted by Crippen LogP contribution is 2.24. The number of nitrogens with zero attached hydrogens (tertiary/aromatic N) is 1. The second kappa shape index (κ2) is 5.35. The number of amides is 1. The van der Waals surface area contributed by atoms with Gasteiger partial charge in [-0.2, -0.15) is 5.26 Å². The molecule has 0 aliphatic carbocycles. The zero-order valence-electron chi connectivity index (χ0n) is 9.57. The van der Waals surface area contributed by atoms with Gasteiger partial charge in [-0.25, -0.2) is 0 Å². The van der Waals surface area contributed by atoms with E-state index >= 15 is 0 Å². The van der Waals surface area contributed by atoms with E-state index in [4.69, 9.17) is 5.26 Å². The largest absolute Gasteiger partial charge is 0.373 e. The van der Waals surface area contributed by atoms with Crippen LogP contribution in [-0.4, -0.2) is 18.5 Å². The summed E-state index contributed by atoms with van der Waals surface area (Å²) in [4.78, 5) is 11.8. The van der Waals surface area contributed by atoms with E-state index in [0.29, 0.717) is 19.4 Å². The first-order chi connectivity index (χ1) is 8.31. The van der Waals surface area contributed by atoms with Gasteiger partial charge in [0.25, 0.3) is 0 Å². The second-order valence-electron chi connectivity index (χ2n) is 4.11. The van der Waals surface area contributed by atoms with Crippen molar-refractivity contribution in [2.24, 2.45) is 0 Å². The highest BCUT2D eigenvalue weighted by atomic mass is 16.2. The third kappa shape index (κ3) is 2.76. The van der Waals surface area contributed by atoms with Gasteiger partial charge in [0, 0.05) is 25.1 Å². The van der Waals surface area contributed by atoms with Crippen LogP contribution in [0.1, 0.15) is 18.4 Å². The number of para-hydroxylation sites is 1. The van der Waals surface area contributed by atoms with Crippen molar-refractivity contribution in [2.45, 2.75) is 25.3 Å². The van der Waals surface area contributed by atoms with E-state index < -0.39 is 0 Å². The Kier molecular flexibility index (Phi) is 3.61. The first kappa shape index (κ1) is 11.5. The molecule has 1 aliphatic heterocycles. The summed E-state index contributed by atoms with van der Waals surface area (Å²) in [6.45, 7) is 0.570. The number of nitriles is 1. The number of hydrogen-bond donors (Lipinski definition) is 2. The van der Waals surface area contributed by atoms with Crippen molar-refractivity contribution < 1.29 is 4.79 Å². The van der Waals surface area contributed by atoms with Gasteiger partial charge in [-0.15, -0.1) is 0 Å².